The molecule has 0 aliphatic rings. The zero-order valence-electron chi connectivity index (χ0n) is 15.5. The minimum absolute atomic E-state index is 0.0839. The number of rotatable bonds is 7. The van der Waals surface area contributed by atoms with E-state index in [-0.39, 0.29) is 24.8 Å². The standard InChI is InChI=1S/C20H24N2O4/c1-13-5-7-16(14(2)9-13)22-20(24)12-21-19(23)11-15-6-8-17(25-3)18(10-15)26-4/h5-10H,11-12H2,1-4H3,(H,21,23)(H,22,24). The lowest BCUT2D eigenvalue weighted by molar-refractivity contribution is -0.123. The maximum Gasteiger partial charge on any atom is 0.243 e. The zero-order chi connectivity index (χ0) is 19.1. The van der Waals surface area contributed by atoms with Crippen molar-refractivity contribution < 1.29 is 19.1 Å². The lowest BCUT2D eigenvalue weighted by Gasteiger charge is -2.11. The number of anilines is 1. The Bertz CT molecular complexity index is 802. The highest BCUT2D eigenvalue weighted by Crippen LogP contribution is 2.27. The van der Waals surface area contributed by atoms with E-state index in [9.17, 15) is 9.59 Å². The number of hydrogen-bond donors (Lipinski definition) is 2. The predicted octanol–water partition coefficient (Wildman–Crippen LogP) is 2.62. The largest absolute Gasteiger partial charge is 0.493 e. The molecule has 0 bridgehead atoms. The minimum Gasteiger partial charge on any atom is -0.493 e. The topological polar surface area (TPSA) is 76.7 Å². The Kier molecular flexibility index (Phi) is 6.60. The average Bonchev–Trinajstić information content (AvgIpc) is 2.62. The summed E-state index contributed by atoms with van der Waals surface area (Å²) in [7, 11) is 3.09. The predicted molar refractivity (Wildman–Crippen MR) is 101 cm³/mol. The Balaban J connectivity index is 1.87. The van der Waals surface area contributed by atoms with Gasteiger partial charge in [0.05, 0.1) is 27.2 Å². The van der Waals surface area contributed by atoms with E-state index in [4.69, 9.17) is 9.47 Å². The van der Waals surface area contributed by atoms with Gasteiger partial charge >= 0.3 is 0 Å². The van der Waals surface area contributed by atoms with E-state index in [1.807, 2.05) is 32.0 Å². The Morgan fingerprint density at radius 1 is 0.923 bits per heavy atom. The Morgan fingerprint density at radius 2 is 1.65 bits per heavy atom. The summed E-state index contributed by atoms with van der Waals surface area (Å²) < 4.78 is 10.4. The molecule has 0 saturated heterocycles. The summed E-state index contributed by atoms with van der Waals surface area (Å²) in [5, 5.41) is 5.42. The van der Waals surface area contributed by atoms with Gasteiger partial charge in [0.25, 0.3) is 0 Å². The van der Waals surface area contributed by atoms with Gasteiger partial charge in [-0.1, -0.05) is 23.8 Å². The number of nitrogens with one attached hydrogen (secondary N) is 2. The first-order valence-electron chi connectivity index (χ1n) is 8.27. The van der Waals surface area contributed by atoms with E-state index in [0.717, 1.165) is 22.4 Å². The van der Waals surface area contributed by atoms with E-state index in [1.165, 1.54) is 0 Å². The maximum atomic E-state index is 12.1. The molecule has 2 aromatic rings. The fraction of sp³-hybridized carbons (Fsp3) is 0.300. The van der Waals surface area contributed by atoms with Crippen molar-refractivity contribution in [1.82, 2.24) is 5.32 Å². The zero-order valence-corrected chi connectivity index (χ0v) is 15.5. The van der Waals surface area contributed by atoms with Gasteiger partial charge in [-0.25, -0.2) is 0 Å². The molecule has 2 amide bonds. The first-order chi connectivity index (χ1) is 12.4. The molecule has 0 aromatic heterocycles. The highest BCUT2D eigenvalue weighted by Gasteiger charge is 2.10. The third-order valence-electron chi connectivity index (χ3n) is 3.91. The van der Waals surface area contributed by atoms with Gasteiger partial charge in [-0.3, -0.25) is 9.59 Å². The molecule has 0 spiro atoms. The van der Waals surface area contributed by atoms with Crippen LogP contribution in [0.1, 0.15) is 16.7 Å². The molecular formula is C20H24N2O4. The molecule has 0 heterocycles. The van der Waals surface area contributed by atoms with Crippen molar-refractivity contribution >= 4 is 17.5 Å². The van der Waals surface area contributed by atoms with Crippen molar-refractivity contribution in [2.45, 2.75) is 20.3 Å². The quantitative estimate of drug-likeness (QED) is 0.800. The van der Waals surface area contributed by atoms with Crippen LogP contribution in [0.5, 0.6) is 11.5 Å². The molecule has 138 valence electrons. The monoisotopic (exact) mass is 356 g/mol. The van der Waals surface area contributed by atoms with E-state index >= 15 is 0 Å². The SMILES string of the molecule is COc1ccc(CC(=O)NCC(=O)Nc2ccc(C)cc2C)cc1OC. The third kappa shape index (κ3) is 5.24. The molecule has 0 aliphatic carbocycles. The van der Waals surface area contributed by atoms with E-state index < -0.39 is 0 Å². The molecule has 0 aliphatic heterocycles. The first kappa shape index (κ1) is 19.3. The molecule has 0 unspecified atom stereocenters. The van der Waals surface area contributed by atoms with Gasteiger partial charge < -0.3 is 20.1 Å². The fourth-order valence-electron chi connectivity index (χ4n) is 2.57. The molecule has 2 rings (SSSR count). The van der Waals surface area contributed by atoms with Crippen molar-refractivity contribution in [3.05, 3.63) is 53.1 Å². The molecule has 2 N–H and O–H groups in total. The van der Waals surface area contributed by atoms with Crippen LogP contribution in [-0.2, 0) is 16.0 Å². The molecule has 0 atom stereocenters. The molecule has 0 fully saturated rings. The smallest absolute Gasteiger partial charge is 0.243 e. The lowest BCUT2D eigenvalue weighted by Crippen LogP contribution is -2.33. The van der Waals surface area contributed by atoms with Crippen molar-refractivity contribution in [2.24, 2.45) is 0 Å². The number of hydrogen-bond acceptors (Lipinski definition) is 4. The summed E-state index contributed by atoms with van der Waals surface area (Å²) in [4.78, 5) is 24.1. The summed E-state index contributed by atoms with van der Waals surface area (Å²) in [6.07, 6.45) is 0.150. The fourth-order valence-corrected chi connectivity index (χ4v) is 2.57. The second-order valence-corrected chi connectivity index (χ2v) is 6.01. The van der Waals surface area contributed by atoms with Gasteiger partial charge in [0.15, 0.2) is 11.5 Å². The Labute approximate surface area is 153 Å². The van der Waals surface area contributed by atoms with Crippen LogP contribution in [0.15, 0.2) is 36.4 Å². The van der Waals surface area contributed by atoms with Gasteiger partial charge in [-0.2, -0.15) is 0 Å². The lowest BCUT2D eigenvalue weighted by atomic mass is 10.1. The molecule has 6 heteroatoms. The van der Waals surface area contributed by atoms with Crippen molar-refractivity contribution in [2.75, 3.05) is 26.1 Å². The van der Waals surface area contributed by atoms with Gasteiger partial charge in [0.1, 0.15) is 0 Å². The second kappa shape index (κ2) is 8.89. The average molecular weight is 356 g/mol. The van der Waals surface area contributed by atoms with Crippen LogP contribution in [0.3, 0.4) is 0 Å². The number of carbonyl (C=O) groups is 2. The number of carbonyl (C=O) groups excluding carboxylic acids is 2. The van der Waals surface area contributed by atoms with Crippen molar-refractivity contribution in [3.63, 3.8) is 0 Å². The summed E-state index contributed by atoms with van der Waals surface area (Å²) in [5.74, 6) is 0.653. The molecule has 6 nitrogen and oxygen atoms in total. The van der Waals surface area contributed by atoms with Crippen LogP contribution in [0.25, 0.3) is 0 Å². The number of methoxy groups -OCH3 is 2. The van der Waals surface area contributed by atoms with E-state index in [2.05, 4.69) is 10.6 Å². The van der Waals surface area contributed by atoms with Crippen molar-refractivity contribution in [3.8, 4) is 11.5 Å². The van der Waals surface area contributed by atoms with Crippen LogP contribution < -0.4 is 20.1 Å². The van der Waals surface area contributed by atoms with Crippen LogP contribution in [0, 0.1) is 13.8 Å². The van der Waals surface area contributed by atoms with Crippen LogP contribution in [0.4, 0.5) is 5.69 Å². The maximum absolute atomic E-state index is 12.1. The van der Waals surface area contributed by atoms with Gasteiger partial charge in [-0.05, 0) is 43.2 Å². The summed E-state index contributed by atoms with van der Waals surface area (Å²) in [5.41, 5.74) is 3.63. The third-order valence-corrected chi connectivity index (χ3v) is 3.91. The second-order valence-electron chi connectivity index (χ2n) is 6.01. The van der Waals surface area contributed by atoms with E-state index in [0.29, 0.717) is 11.5 Å². The van der Waals surface area contributed by atoms with Crippen LogP contribution in [-0.4, -0.2) is 32.6 Å². The molecular weight excluding hydrogens is 332 g/mol. The molecule has 26 heavy (non-hydrogen) atoms. The Hall–Kier alpha value is -3.02. The number of benzene rings is 2. The molecule has 0 saturated carbocycles. The Morgan fingerprint density at radius 3 is 2.31 bits per heavy atom. The summed E-state index contributed by atoms with van der Waals surface area (Å²) in [6, 6.07) is 11.1. The van der Waals surface area contributed by atoms with E-state index in [1.54, 1.807) is 32.4 Å². The molecule has 2 aromatic carbocycles. The van der Waals surface area contributed by atoms with Crippen LogP contribution in [0.2, 0.25) is 0 Å². The summed E-state index contributed by atoms with van der Waals surface area (Å²) >= 11 is 0. The van der Waals surface area contributed by atoms with Crippen molar-refractivity contribution in [1.29, 1.82) is 0 Å². The van der Waals surface area contributed by atoms with Crippen LogP contribution >= 0.6 is 0 Å². The highest BCUT2D eigenvalue weighted by molar-refractivity contribution is 5.95. The normalized spacial score (nSPS) is 10.2. The number of ether oxygens (including phenoxy) is 2. The van der Waals surface area contributed by atoms with Gasteiger partial charge in [0, 0.05) is 5.69 Å². The number of amides is 2. The molecule has 0 radical (unpaired) electrons. The van der Waals surface area contributed by atoms with Gasteiger partial charge in [0.2, 0.25) is 11.8 Å². The minimum atomic E-state index is -0.266. The highest BCUT2D eigenvalue weighted by atomic mass is 16.5. The summed E-state index contributed by atoms with van der Waals surface area (Å²) in [6.45, 7) is 3.84. The number of aryl methyl sites for hydroxylation is 2. The van der Waals surface area contributed by atoms with Gasteiger partial charge in [-0.15, -0.1) is 0 Å². The first-order valence-corrected chi connectivity index (χ1v) is 8.27.